The van der Waals surface area contributed by atoms with Gasteiger partial charge in [0.1, 0.15) is 24.6 Å². The van der Waals surface area contributed by atoms with Gasteiger partial charge in [-0.2, -0.15) is 0 Å². The second kappa shape index (κ2) is 15.2. The van der Waals surface area contributed by atoms with Crippen LogP contribution in [0.3, 0.4) is 0 Å². The minimum atomic E-state index is -1.31. The monoisotopic (exact) mass is 432 g/mol. The highest BCUT2D eigenvalue weighted by atomic mass is 16.7. The largest absolute Gasteiger partial charge is 0.388 e. The van der Waals surface area contributed by atoms with Gasteiger partial charge in [-0.1, -0.05) is 6.42 Å². The Morgan fingerprint density at radius 1 is 0.900 bits per heavy atom. The predicted molar refractivity (Wildman–Crippen MR) is 107 cm³/mol. The molecular formula is C20H36N2O8. The lowest BCUT2D eigenvalue weighted by Gasteiger charge is -2.38. The van der Waals surface area contributed by atoms with Crippen molar-refractivity contribution in [3.63, 3.8) is 0 Å². The molecule has 0 spiro atoms. The van der Waals surface area contributed by atoms with Gasteiger partial charge in [0.15, 0.2) is 6.29 Å². The molecule has 0 bridgehead atoms. The lowest BCUT2D eigenvalue weighted by atomic mass is 10.0. The number of aliphatic hydroxyl groups is 3. The summed E-state index contributed by atoms with van der Waals surface area (Å²) in [6.07, 6.45) is 0.123. The smallest absolute Gasteiger partial charge is 0.220 e. The van der Waals surface area contributed by atoms with E-state index in [-0.39, 0.29) is 11.8 Å². The normalized spacial score (nSPS) is 26.2. The molecule has 1 rings (SSSR count). The molecule has 0 aromatic rings. The van der Waals surface area contributed by atoms with Crippen LogP contribution in [0.25, 0.3) is 0 Å². The van der Waals surface area contributed by atoms with Gasteiger partial charge in [0, 0.05) is 39.0 Å². The fraction of sp³-hybridized carbons (Fsp3) is 0.850. The van der Waals surface area contributed by atoms with Crippen LogP contribution in [0.5, 0.6) is 0 Å². The summed E-state index contributed by atoms with van der Waals surface area (Å²) in [6, 6.07) is 0. The molecule has 0 unspecified atom stereocenters. The van der Waals surface area contributed by atoms with Crippen molar-refractivity contribution >= 4 is 18.1 Å². The van der Waals surface area contributed by atoms with Crippen LogP contribution in [0, 0.1) is 0 Å². The van der Waals surface area contributed by atoms with Gasteiger partial charge in [0.05, 0.1) is 6.10 Å². The van der Waals surface area contributed by atoms with E-state index in [1.54, 1.807) is 6.92 Å². The fourth-order valence-corrected chi connectivity index (χ4v) is 3.01. The van der Waals surface area contributed by atoms with Crippen molar-refractivity contribution < 1.29 is 39.2 Å². The molecule has 0 aliphatic carbocycles. The first-order valence-electron chi connectivity index (χ1n) is 10.6. The Kier molecular flexibility index (Phi) is 13.4. The highest BCUT2D eigenvalue weighted by molar-refractivity contribution is 5.77. The summed E-state index contributed by atoms with van der Waals surface area (Å²) in [6.45, 7) is 2.63. The fourth-order valence-electron chi connectivity index (χ4n) is 3.01. The molecule has 0 aromatic carbocycles. The number of rotatable bonds is 15. The Hall–Kier alpha value is -1.59. The van der Waals surface area contributed by atoms with E-state index in [1.807, 2.05) is 0 Å². The van der Waals surface area contributed by atoms with Gasteiger partial charge < -0.3 is 40.2 Å². The molecule has 1 saturated heterocycles. The minimum Gasteiger partial charge on any atom is -0.388 e. The molecule has 1 fully saturated rings. The number of unbranched alkanes of at least 4 members (excludes halogenated alkanes) is 4. The van der Waals surface area contributed by atoms with Crippen molar-refractivity contribution in [2.24, 2.45) is 0 Å². The third-order valence-corrected chi connectivity index (χ3v) is 4.88. The van der Waals surface area contributed by atoms with Gasteiger partial charge in [0.2, 0.25) is 11.8 Å². The van der Waals surface area contributed by atoms with E-state index in [0.717, 1.165) is 12.7 Å². The van der Waals surface area contributed by atoms with Gasteiger partial charge >= 0.3 is 0 Å². The summed E-state index contributed by atoms with van der Waals surface area (Å²) < 4.78 is 10.8. The standard InChI is InChI=1S/C20H36N2O8/c1-14-17(26)18(27)19(28)20(30-14)29-13-7-3-5-9-16(25)22-11-10-21-15(24)8-4-2-6-12-23/h12,14,17-20,26-28H,2-11,13H2,1H3,(H,21,24)(H,22,25)/t14-,17-,18+,19+,20+/m0/s1. The lowest BCUT2D eigenvalue weighted by Crippen LogP contribution is -2.57. The first-order chi connectivity index (χ1) is 14.4. The van der Waals surface area contributed by atoms with Crippen LogP contribution in [-0.4, -0.2) is 83.8 Å². The number of ether oxygens (including phenoxy) is 2. The third kappa shape index (κ3) is 10.4. The topological polar surface area (TPSA) is 154 Å². The zero-order valence-electron chi connectivity index (χ0n) is 17.6. The number of hydrogen-bond acceptors (Lipinski definition) is 8. The van der Waals surface area contributed by atoms with Crippen LogP contribution in [0.4, 0.5) is 0 Å². The number of amides is 2. The first kappa shape index (κ1) is 26.4. The average Bonchev–Trinajstić information content (AvgIpc) is 2.73. The van der Waals surface area contributed by atoms with Gasteiger partial charge in [-0.05, 0) is 32.6 Å². The van der Waals surface area contributed by atoms with Crippen molar-refractivity contribution in [3.8, 4) is 0 Å². The highest BCUT2D eigenvalue weighted by Gasteiger charge is 2.42. The molecule has 0 radical (unpaired) electrons. The molecule has 1 aliphatic rings. The number of carbonyl (C=O) groups is 3. The van der Waals surface area contributed by atoms with Crippen LogP contribution in [0.2, 0.25) is 0 Å². The molecular weight excluding hydrogens is 396 g/mol. The van der Waals surface area contributed by atoms with Crippen LogP contribution >= 0.6 is 0 Å². The SMILES string of the molecule is C[C@@H]1O[C@@H](OCCCCCC(=O)NCCNC(=O)CCCCC=O)[C@H](O)[C@H](O)[C@H]1O. The molecule has 2 amide bonds. The molecule has 1 aliphatic heterocycles. The molecule has 5 atom stereocenters. The summed E-state index contributed by atoms with van der Waals surface area (Å²) in [5.74, 6) is -0.174. The summed E-state index contributed by atoms with van der Waals surface area (Å²) >= 11 is 0. The molecule has 1 heterocycles. The Labute approximate surface area is 177 Å². The molecule has 0 saturated carbocycles. The first-order valence-corrected chi connectivity index (χ1v) is 10.6. The summed E-state index contributed by atoms with van der Waals surface area (Å²) in [7, 11) is 0. The van der Waals surface area contributed by atoms with Gasteiger partial charge in [-0.15, -0.1) is 0 Å². The highest BCUT2D eigenvalue weighted by Crippen LogP contribution is 2.21. The Morgan fingerprint density at radius 3 is 2.10 bits per heavy atom. The van der Waals surface area contributed by atoms with Crippen LogP contribution in [0.15, 0.2) is 0 Å². The maximum atomic E-state index is 11.8. The van der Waals surface area contributed by atoms with Crippen LogP contribution < -0.4 is 10.6 Å². The third-order valence-electron chi connectivity index (χ3n) is 4.88. The van der Waals surface area contributed by atoms with Crippen LogP contribution in [-0.2, 0) is 23.9 Å². The molecule has 30 heavy (non-hydrogen) atoms. The Balaban J connectivity index is 1.98. The quantitative estimate of drug-likeness (QED) is 0.169. The van der Waals surface area contributed by atoms with E-state index in [9.17, 15) is 29.7 Å². The average molecular weight is 433 g/mol. The number of aldehydes is 1. The van der Waals surface area contributed by atoms with Crippen molar-refractivity contribution in [1.82, 2.24) is 10.6 Å². The minimum absolute atomic E-state index is 0.0846. The van der Waals surface area contributed by atoms with Gasteiger partial charge in [-0.25, -0.2) is 0 Å². The summed E-state index contributed by atoms with van der Waals surface area (Å²) in [5, 5.41) is 34.7. The molecule has 0 aromatic heterocycles. The molecule has 10 heteroatoms. The maximum Gasteiger partial charge on any atom is 0.220 e. The van der Waals surface area contributed by atoms with Crippen molar-refractivity contribution in [3.05, 3.63) is 0 Å². The van der Waals surface area contributed by atoms with E-state index in [4.69, 9.17) is 9.47 Å². The maximum absolute atomic E-state index is 11.8. The second-order valence-corrected chi connectivity index (χ2v) is 7.48. The lowest BCUT2D eigenvalue weighted by molar-refractivity contribution is -0.293. The number of aliphatic hydroxyl groups excluding tert-OH is 3. The van der Waals surface area contributed by atoms with E-state index in [0.29, 0.717) is 64.6 Å². The number of nitrogens with one attached hydrogen (secondary N) is 2. The van der Waals surface area contributed by atoms with E-state index in [1.165, 1.54) is 0 Å². The van der Waals surface area contributed by atoms with E-state index in [2.05, 4.69) is 10.6 Å². The van der Waals surface area contributed by atoms with Crippen molar-refractivity contribution in [1.29, 1.82) is 0 Å². The van der Waals surface area contributed by atoms with Crippen molar-refractivity contribution in [2.75, 3.05) is 19.7 Å². The number of hydrogen-bond donors (Lipinski definition) is 5. The predicted octanol–water partition coefficient (Wildman–Crippen LogP) is -0.617. The zero-order valence-corrected chi connectivity index (χ0v) is 17.6. The van der Waals surface area contributed by atoms with Crippen LogP contribution in [0.1, 0.15) is 58.3 Å². The van der Waals surface area contributed by atoms with Crippen molar-refractivity contribution in [2.45, 2.75) is 89.0 Å². The molecule has 174 valence electrons. The van der Waals surface area contributed by atoms with E-state index >= 15 is 0 Å². The molecule has 5 N–H and O–H groups in total. The molecule has 10 nitrogen and oxygen atoms in total. The Bertz CT molecular complexity index is 519. The van der Waals surface area contributed by atoms with Gasteiger partial charge in [-0.3, -0.25) is 9.59 Å². The second-order valence-electron chi connectivity index (χ2n) is 7.48. The van der Waals surface area contributed by atoms with E-state index < -0.39 is 30.7 Å². The summed E-state index contributed by atoms with van der Waals surface area (Å²) in [4.78, 5) is 33.5. The Morgan fingerprint density at radius 2 is 1.50 bits per heavy atom. The summed E-state index contributed by atoms with van der Waals surface area (Å²) in [5.41, 5.74) is 0. The zero-order chi connectivity index (χ0) is 22.4. The van der Waals surface area contributed by atoms with Gasteiger partial charge in [0.25, 0.3) is 0 Å². The number of carbonyl (C=O) groups excluding carboxylic acids is 3.